The van der Waals surface area contributed by atoms with Gasteiger partial charge in [0.1, 0.15) is 0 Å². The fraction of sp³-hybridized carbons (Fsp3) is 0.333. The molecule has 3 heteroatoms. The van der Waals surface area contributed by atoms with E-state index in [0.717, 1.165) is 23.6 Å². The van der Waals surface area contributed by atoms with Crippen LogP contribution in [-0.4, -0.2) is 6.54 Å². The van der Waals surface area contributed by atoms with Crippen LogP contribution in [0.4, 0.5) is 17.1 Å². The van der Waals surface area contributed by atoms with E-state index in [1.54, 1.807) is 0 Å². The van der Waals surface area contributed by atoms with Crippen molar-refractivity contribution in [3.8, 4) is 0 Å². The highest BCUT2D eigenvalue weighted by Crippen LogP contribution is 2.20. The van der Waals surface area contributed by atoms with E-state index < -0.39 is 0 Å². The van der Waals surface area contributed by atoms with Gasteiger partial charge in [0, 0.05) is 12.2 Å². The van der Waals surface area contributed by atoms with Gasteiger partial charge in [-0.05, 0) is 42.8 Å². The first-order chi connectivity index (χ1) is 10.4. The van der Waals surface area contributed by atoms with Gasteiger partial charge in [-0.25, -0.2) is 0 Å². The molecule has 0 fully saturated rings. The number of hydrogen-bond acceptors (Lipinski definition) is 3. The Morgan fingerprint density at radius 3 is 2.10 bits per heavy atom. The average Bonchev–Trinajstić information content (AvgIpc) is 2.55. The van der Waals surface area contributed by atoms with E-state index >= 15 is 0 Å². The highest BCUT2D eigenvalue weighted by atomic mass is 15.1. The number of benzene rings is 2. The van der Waals surface area contributed by atoms with Crippen molar-refractivity contribution in [3.05, 3.63) is 54.6 Å². The third kappa shape index (κ3) is 5.78. The summed E-state index contributed by atoms with van der Waals surface area (Å²) in [6, 6.07) is 17.9. The molecule has 21 heavy (non-hydrogen) atoms. The molecule has 0 spiro atoms. The summed E-state index contributed by atoms with van der Waals surface area (Å²) < 4.78 is 0. The van der Waals surface area contributed by atoms with E-state index in [0.29, 0.717) is 0 Å². The lowest BCUT2D eigenvalue weighted by molar-refractivity contribution is 0.685. The van der Waals surface area contributed by atoms with E-state index in [-0.39, 0.29) is 0 Å². The van der Waals surface area contributed by atoms with Crippen molar-refractivity contribution in [2.75, 3.05) is 11.9 Å². The number of azo groups is 1. The van der Waals surface area contributed by atoms with Gasteiger partial charge in [0.2, 0.25) is 0 Å². The van der Waals surface area contributed by atoms with Gasteiger partial charge in [-0.2, -0.15) is 10.2 Å². The van der Waals surface area contributed by atoms with Gasteiger partial charge in [0.25, 0.3) is 0 Å². The van der Waals surface area contributed by atoms with Gasteiger partial charge in [0.05, 0.1) is 11.4 Å². The zero-order chi connectivity index (χ0) is 14.8. The van der Waals surface area contributed by atoms with Crippen molar-refractivity contribution in [3.63, 3.8) is 0 Å². The largest absolute Gasteiger partial charge is 0.385 e. The molecule has 0 aliphatic carbocycles. The van der Waals surface area contributed by atoms with Gasteiger partial charge in [-0.3, -0.25) is 0 Å². The molecule has 1 N–H and O–H groups in total. The Morgan fingerprint density at radius 1 is 0.762 bits per heavy atom. The molecule has 0 bridgehead atoms. The van der Waals surface area contributed by atoms with Crippen molar-refractivity contribution in [1.29, 1.82) is 0 Å². The zero-order valence-corrected chi connectivity index (χ0v) is 12.6. The molecule has 0 aliphatic heterocycles. The highest BCUT2D eigenvalue weighted by Gasteiger charge is 1.94. The average molecular weight is 281 g/mol. The lowest BCUT2D eigenvalue weighted by Gasteiger charge is -2.05. The van der Waals surface area contributed by atoms with Crippen LogP contribution in [0.15, 0.2) is 64.8 Å². The summed E-state index contributed by atoms with van der Waals surface area (Å²) in [5.74, 6) is 0. The zero-order valence-electron chi connectivity index (χ0n) is 12.6. The number of unbranched alkanes of at least 4 members (excludes halogenated alkanes) is 3. The first kappa shape index (κ1) is 15.2. The molecule has 2 aromatic carbocycles. The van der Waals surface area contributed by atoms with Gasteiger partial charge < -0.3 is 5.32 Å². The van der Waals surface area contributed by atoms with E-state index in [1.807, 2.05) is 42.5 Å². The Labute approximate surface area is 127 Å². The first-order valence-electron chi connectivity index (χ1n) is 7.69. The molecule has 2 aromatic rings. The second-order valence-electron chi connectivity index (χ2n) is 5.07. The predicted molar refractivity (Wildman–Crippen MR) is 89.7 cm³/mol. The normalized spacial score (nSPS) is 10.9. The number of anilines is 1. The van der Waals surface area contributed by atoms with Crippen LogP contribution in [0.1, 0.15) is 32.6 Å². The SMILES string of the molecule is CCCCCCNc1ccc(N=Nc2ccccc2)cc1. The predicted octanol–water partition coefficient (Wildman–Crippen LogP) is 6.09. The van der Waals surface area contributed by atoms with E-state index in [1.165, 1.54) is 25.7 Å². The van der Waals surface area contributed by atoms with Crippen molar-refractivity contribution >= 4 is 17.1 Å². The smallest absolute Gasteiger partial charge is 0.0858 e. The Bertz CT molecular complexity index is 532. The topological polar surface area (TPSA) is 36.8 Å². The monoisotopic (exact) mass is 281 g/mol. The Hall–Kier alpha value is -2.16. The molecule has 0 saturated carbocycles. The third-order valence-corrected chi connectivity index (χ3v) is 3.26. The van der Waals surface area contributed by atoms with Gasteiger partial charge in [0.15, 0.2) is 0 Å². The molecule has 3 nitrogen and oxygen atoms in total. The fourth-order valence-electron chi connectivity index (χ4n) is 2.04. The van der Waals surface area contributed by atoms with Crippen LogP contribution < -0.4 is 5.32 Å². The van der Waals surface area contributed by atoms with Crippen molar-refractivity contribution < 1.29 is 0 Å². The number of nitrogens with zero attached hydrogens (tertiary/aromatic N) is 2. The van der Waals surface area contributed by atoms with Crippen LogP contribution in [0, 0.1) is 0 Å². The summed E-state index contributed by atoms with van der Waals surface area (Å²) in [5.41, 5.74) is 2.89. The Kier molecular flexibility index (Phi) is 6.46. The Morgan fingerprint density at radius 2 is 1.43 bits per heavy atom. The van der Waals surface area contributed by atoms with E-state index in [9.17, 15) is 0 Å². The second kappa shape index (κ2) is 8.90. The quantitative estimate of drug-likeness (QED) is 0.461. The van der Waals surface area contributed by atoms with Crippen molar-refractivity contribution in [2.24, 2.45) is 10.2 Å². The van der Waals surface area contributed by atoms with Crippen LogP contribution in [0.2, 0.25) is 0 Å². The molecule has 0 saturated heterocycles. The lowest BCUT2D eigenvalue weighted by Crippen LogP contribution is -2.00. The lowest BCUT2D eigenvalue weighted by atomic mass is 10.2. The summed E-state index contributed by atoms with van der Waals surface area (Å²) in [6.07, 6.45) is 5.12. The molecule has 0 aliphatic rings. The first-order valence-corrected chi connectivity index (χ1v) is 7.69. The van der Waals surface area contributed by atoms with Crippen LogP contribution in [0.5, 0.6) is 0 Å². The summed E-state index contributed by atoms with van der Waals surface area (Å²) in [6.45, 7) is 3.26. The molecule has 0 radical (unpaired) electrons. The van der Waals surface area contributed by atoms with Crippen LogP contribution in [-0.2, 0) is 0 Å². The van der Waals surface area contributed by atoms with E-state index in [4.69, 9.17) is 0 Å². The van der Waals surface area contributed by atoms with Crippen LogP contribution in [0.25, 0.3) is 0 Å². The molecule has 0 amide bonds. The Balaban J connectivity index is 1.80. The van der Waals surface area contributed by atoms with Crippen molar-refractivity contribution in [1.82, 2.24) is 0 Å². The van der Waals surface area contributed by atoms with Crippen LogP contribution >= 0.6 is 0 Å². The fourth-order valence-corrected chi connectivity index (χ4v) is 2.04. The number of hydrogen-bond donors (Lipinski definition) is 1. The third-order valence-electron chi connectivity index (χ3n) is 3.26. The minimum atomic E-state index is 0.871. The molecule has 0 heterocycles. The summed E-state index contributed by atoms with van der Waals surface area (Å²) in [7, 11) is 0. The molecule has 2 rings (SSSR count). The summed E-state index contributed by atoms with van der Waals surface area (Å²) in [4.78, 5) is 0. The number of nitrogens with one attached hydrogen (secondary N) is 1. The van der Waals surface area contributed by atoms with Gasteiger partial charge >= 0.3 is 0 Å². The molecular weight excluding hydrogens is 258 g/mol. The maximum absolute atomic E-state index is 4.24. The maximum atomic E-state index is 4.24. The summed E-state index contributed by atoms with van der Waals surface area (Å²) in [5, 5.41) is 11.9. The highest BCUT2D eigenvalue weighted by molar-refractivity contribution is 5.51. The maximum Gasteiger partial charge on any atom is 0.0858 e. The minimum absolute atomic E-state index is 0.871. The minimum Gasteiger partial charge on any atom is -0.385 e. The number of rotatable bonds is 8. The molecular formula is C18H23N3. The van der Waals surface area contributed by atoms with Gasteiger partial charge in [-0.15, -0.1) is 0 Å². The standard InChI is InChI=1S/C18H23N3/c1-2-3-4-8-15-19-16-11-13-18(14-12-16)21-20-17-9-6-5-7-10-17/h5-7,9-14,19H,2-4,8,15H2,1H3. The molecule has 0 aromatic heterocycles. The van der Waals surface area contributed by atoms with Crippen LogP contribution in [0.3, 0.4) is 0 Å². The second-order valence-corrected chi connectivity index (χ2v) is 5.07. The summed E-state index contributed by atoms with van der Waals surface area (Å²) >= 11 is 0. The molecule has 0 unspecified atom stereocenters. The molecule has 110 valence electrons. The van der Waals surface area contributed by atoms with Gasteiger partial charge in [-0.1, -0.05) is 44.4 Å². The van der Waals surface area contributed by atoms with E-state index in [2.05, 4.69) is 34.6 Å². The van der Waals surface area contributed by atoms with Crippen molar-refractivity contribution in [2.45, 2.75) is 32.6 Å². The molecule has 0 atom stereocenters.